The van der Waals surface area contributed by atoms with Crippen molar-refractivity contribution in [2.75, 3.05) is 0 Å². The molecule has 1 N–H and O–H groups in total. The number of hydrogen-bond acceptors (Lipinski definition) is 2. The predicted molar refractivity (Wildman–Crippen MR) is 78.9 cm³/mol. The van der Waals surface area contributed by atoms with Crippen molar-refractivity contribution in [3.05, 3.63) is 11.8 Å². The zero-order valence-corrected chi connectivity index (χ0v) is 13.8. The number of carbonyl (C=O) groups is 1. The summed E-state index contributed by atoms with van der Waals surface area (Å²) in [5.74, 6) is -2.72. The van der Waals surface area contributed by atoms with Crippen LogP contribution in [0.25, 0.3) is 0 Å². The SMILES string of the molecule is O=C(C=C(O)C1(C(F)(F)F)CCCCC1)C1(C(F)(F)F)CCCCC1. The van der Waals surface area contributed by atoms with E-state index in [1.807, 2.05) is 0 Å². The summed E-state index contributed by atoms with van der Waals surface area (Å²) in [5.41, 5.74) is -5.29. The first kappa shape index (κ1) is 20.1. The predicted octanol–water partition coefficient (Wildman–Crippen LogP) is 6.02. The standard InChI is InChI=1S/C17H22F6O2/c18-16(19,20)14(7-3-1-4-8-14)12(24)11-13(25)15(17(21,22)23)9-5-2-6-10-15/h11,24H,1-10H2. The molecular formula is C17H22F6O2. The first-order valence-electron chi connectivity index (χ1n) is 8.55. The lowest BCUT2D eigenvalue weighted by Gasteiger charge is -2.39. The Morgan fingerprint density at radius 2 is 1.08 bits per heavy atom. The molecule has 0 saturated heterocycles. The Hall–Kier alpha value is -1.21. The minimum atomic E-state index is -4.85. The Bertz CT molecular complexity index is 520. The maximum atomic E-state index is 13.5. The van der Waals surface area contributed by atoms with Crippen LogP contribution in [0.1, 0.15) is 64.2 Å². The van der Waals surface area contributed by atoms with Crippen LogP contribution in [0, 0.1) is 10.8 Å². The average molecular weight is 372 g/mol. The van der Waals surface area contributed by atoms with Crippen molar-refractivity contribution in [2.45, 2.75) is 76.6 Å². The molecule has 0 aromatic carbocycles. The second-order valence-electron chi connectivity index (χ2n) is 7.17. The minimum absolute atomic E-state index is 0.185. The van der Waals surface area contributed by atoms with Gasteiger partial charge in [0.05, 0.1) is 0 Å². The summed E-state index contributed by atoms with van der Waals surface area (Å²) < 4.78 is 81.1. The fourth-order valence-electron chi connectivity index (χ4n) is 4.07. The van der Waals surface area contributed by atoms with Gasteiger partial charge in [-0.05, 0) is 25.7 Å². The second kappa shape index (κ2) is 6.83. The molecule has 0 radical (unpaired) electrons. The van der Waals surface area contributed by atoms with Gasteiger partial charge in [-0.2, -0.15) is 26.3 Å². The van der Waals surface area contributed by atoms with Gasteiger partial charge in [0.2, 0.25) is 0 Å². The van der Waals surface area contributed by atoms with Crippen molar-refractivity contribution in [1.29, 1.82) is 0 Å². The second-order valence-corrected chi connectivity index (χ2v) is 7.17. The number of halogens is 6. The molecule has 2 aliphatic rings. The van der Waals surface area contributed by atoms with Crippen molar-refractivity contribution in [3.63, 3.8) is 0 Å². The number of rotatable bonds is 3. The fraction of sp³-hybridized carbons (Fsp3) is 0.824. The highest BCUT2D eigenvalue weighted by Gasteiger charge is 2.61. The summed E-state index contributed by atoms with van der Waals surface area (Å²) in [4.78, 5) is 12.4. The molecular weight excluding hydrogens is 350 g/mol. The molecule has 0 spiro atoms. The monoisotopic (exact) mass is 372 g/mol. The zero-order chi connectivity index (χ0) is 18.9. The highest BCUT2D eigenvalue weighted by Crippen LogP contribution is 2.54. The largest absolute Gasteiger partial charge is 0.511 e. The van der Waals surface area contributed by atoms with Gasteiger partial charge in [0.15, 0.2) is 5.78 Å². The lowest BCUT2D eigenvalue weighted by atomic mass is 9.68. The van der Waals surface area contributed by atoms with Crippen LogP contribution in [0.2, 0.25) is 0 Å². The van der Waals surface area contributed by atoms with E-state index in [4.69, 9.17) is 0 Å². The van der Waals surface area contributed by atoms with Gasteiger partial charge in [0.25, 0.3) is 0 Å². The summed E-state index contributed by atoms with van der Waals surface area (Å²) in [6.07, 6.45) is -9.27. The summed E-state index contributed by atoms with van der Waals surface area (Å²) in [6, 6.07) is 0. The van der Waals surface area contributed by atoms with E-state index in [0.29, 0.717) is 12.8 Å². The quantitative estimate of drug-likeness (QED) is 0.373. The minimum Gasteiger partial charge on any atom is -0.511 e. The number of aliphatic hydroxyl groups is 1. The van der Waals surface area contributed by atoms with Crippen molar-refractivity contribution >= 4 is 5.78 Å². The molecule has 0 bridgehead atoms. The van der Waals surface area contributed by atoms with Crippen LogP contribution in [0.5, 0.6) is 0 Å². The van der Waals surface area contributed by atoms with Crippen LogP contribution >= 0.6 is 0 Å². The van der Waals surface area contributed by atoms with E-state index in [1.54, 1.807) is 0 Å². The lowest BCUT2D eigenvalue weighted by Crippen LogP contribution is -2.47. The maximum Gasteiger partial charge on any atom is 0.401 e. The molecule has 0 heterocycles. The van der Waals surface area contributed by atoms with E-state index in [9.17, 15) is 36.2 Å². The Morgan fingerprint density at radius 1 is 0.720 bits per heavy atom. The van der Waals surface area contributed by atoms with E-state index in [-0.39, 0.29) is 31.8 Å². The topological polar surface area (TPSA) is 37.3 Å². The van der Waals surface area contributed by atoms with Gasteiger partial charge in [-0.1, -0.05) is 38.5 Å². The molecule has 8 heteroatoms. The maximum absolute atomic E-state index is 13.5. The normalized spacial score (nSPS) is 24.8. The molecule has 0 aliphatic heterocycles. The molecule has 2 rings (SSSR count). The molecule has 0 aromatic heterocycles. The molecule has 0 atom stereocenters. The summed E-state index contributed by atoms with van der Waals surface area (Å²) in [7, 11) is 0. The molecule has 2 nitrogen and oxygen atoms in total. The number of ketones is 1. The fourth-order valence-corrected chi connectivity index (χ4v) is 4.07. The number of allylic oxidation sites excluding steroid dienone is 2. The first-order chi connectivity index (χ1) is 11.5. The third-order valence-corrected chi connectivity index (χ3v) is 5.73. The summed E-state index contributed by atoms with van der Waals surface area (Å²) in [6.45, 7) is 0. The molecule has 0 amide bonds. The Morgan fingerprint density at radius 3 is 1.44 bits per heavy atom. The number of carbonyl (C=O) groups excluding carboxylic acids is 1. The third kappa shape index (κ3) is 3.53. The smallest absolute Gasteiger partial charge is 0.401 e. The number of aliphatic hydroxyl groups excluding tert-OH is 1. The average Bonchev–Trinajstić information content (AvgIpc) is 2.54. The van der Waals surface area contributed by atoms with Crippen LogP contribution in [0.3, 0.4) is 0 Å². The van der Waals surface area contributed by atoms with Crippen molar-refractivity contribution in [2.24, 2.45) is 10.8 Å². The first-order valence-corrected chi connectivity index (χ1v) is 8.55. The highest BCUT2D eigenvalue weighted by molar-refractivity contribution is 5.96. The molecule has 2 aliphatic carbocycles. The summed E-state index contributed by atoms with van der Waals surface area (Å²) in [5, 5.41) is 10.1. The van der Waals surface area contributed by atoms with E-state index in [0.717, 1.165) is 0 Å². The molecule has 0 unspecified atom stereocenters. The molecule has 0 aromatic rings. The van der Waals surface area contributed by atoms with E-state index in [2.05, 4.69) is 0 Å². The Kier molecular flexibility index (Phi) is 5.50. The van der Waals surface area contributed by atoms with Crippen molar-refractivity contribution in [3.8, 4) is 0 Å². The number of hydrogen-bond donors (Lipinski definition) is 1. The van der Waals surface area contributed by atoms with Crippen LogP contribution in [-0.4, -0.2) is 23.2 Å². The van der Waals surface area contributed by atoms with Gasteiger partial charge in [-0.15, -0.1) is 0 Å². The van der Waals surface area contributed by atoms with E-state index >= 15 is 0 Å². The van der Waals surface area contributed by atoms with Crippen molar-refractivity contribution in [1.82, 2.24) is 0 Å². The lowest BCUT2D eigenvalue weighted by molar-refractivity contribution is -0.230. The van der Waals surface area contributed by atoms with Gasteiger partial charge in [-0.3, -0.25) is 4.79 Å². The zero-order valence-electron chi connectivity index (χ0n) is 13.8. The molecule has 2 saturated carbocycles. The van der Waals surface area contributed by atoms with Crippen LogP contribution < -0.4 is 0 Å². The highest BCUT2D eigenvalue weighted by atomic mass is 19.4. The summed E-state index contributed by atoms with van der Waals surface area (Å²) >= 11 is 0. The van der Waals surface area contributed by atoms with Gasteiger partial charge < -0.3 is 5.11 Å². The molecule has 25 heavy (non-hydrogen) atoms. The van der Waals surface area contributed by atoms with Gasteiger partial charge in [0, 0.05) is 6.08 Å². The number of alkyl halides is 6. The molecule has 144 valence electrons. The Labute approximate surface area is 142 Å². The Balaban J connectivity index is 2.40. The molecule has 2 fully saturated rings. The van der Waals surface area contributed by atoms with Crippen LogP contribution in [0.4, 0.5) is 26.3 Å². The van der Waals surface area contributed by atoms with Gasteiger partial charge in [-0.25, -0.2) is 0 Å². The van der Waals surface area contributed by atoms with E-state index in [1.165, 1.54) is 0 Å². The third-order valence-electron chi connectivity index (χ3n) is 5.73. The van der Waals surface area contributed by atoms with Crippen LogP contribution in [0.15, 0.2) is 11.8 Å². The van der Waals surface area contributed by atoms with Gasteiger partial charge in [0.1, 0.15) is 16.6 Å². The van der Waals surface area contributed by atoms with E-state index < -0.39 is 60.4 Å². The van der Waals surface area contributed by atoms with Gasteiger partial charge >= 0.3 is 12.4 Å². The van der Waals surface area contributed by atoms with Crippen LogP contribution in [-0.2, 0) is 4.79 Å². The van der Waals surface area contributed by atoms with Crippen molar-refractivity contribution < 1.29 is 36.2 Å².